The molecule has 0 aliphatic carbocycles. The van der Waals surface area contributed by atoms with Gasteiger partial charge in [0.05, 0.1) is 17.2 Å². The number of aromatic nitrogens is 1. The Morgan fingerprint density at radius 2 is 1.94 bits per heavy atom. The zero-order valence-corrected chi connectivity index (χ0v) is 11.1. The number of amides is 1. The van der Waals surface area contributed by atoms with Crippen molar-refractivity contribution in [1.29, 1.82) is 0 Å². The third kappa shape index (κ3) is 2.39. The molecule has 1 fully saturated rings. The summed E-state index contributed by atoms with van der Waals surface area (Å²) >= 11 is 5.93. The summed E-state index contributed by atoms with van der Waals surface area (Å²) in [6.45, 7) is 4.23. The molecule has 18 heavy (non-hydrogen) atoms. The molecule has 0 radical (unpaired) electrons. The Kier molecular flexibility index (Phi) is 3.66. The van der Waals surface area contributed by atoms with Gasteiger partial charge in [0.15, 0.2) is 0 Å². The van der Waals surface area contributed by atoms with E-state index in [0.717, 1.165) is 0 Å². The minimum absolute atomic E-state index is 0.119. The van der Waals surface area contributed by atoms with E-state index in [9.17, 15) is 15.0 Å². The Morgan fingerprint density at radius 3 is 2.44 bits per heavy atom. The average Bonchev–Trinajstić information content (AvgIpc) is 2.82. The van der Waals surface area contributed by atoms with Crippen LogP contribution in [0, 0.1) is 0 Å². The lowest BCUT2D eigenvalue weighted by molar-refractivity contribution is 0.0572. The predicted molar refractivity (Wildman–Crippen MR) is 67.7 cm³/mol. The number of aliphatic hydroxyl groups is 2. The number of aliphatic hydroxyl groups excluding tert-OH is 2. The second kappa shape index (κ2) is 4.91. The summed E-state index contributed by atoms with van der Waals surface area (Å²) in [4.78, 5) is 13.7. The second-order valence-electron chi connectivity index (χ2n) is 4.89. The van der Waals surface area contributed by atoms with Crippen LogP contribution in [0.2, 0.25) is 5.02 Å². The fourth-order valence-electron chi connectivity index (χ4n) is 2.14. The van der Waals surface area contributed by atoms with Gasteiger partial charge in [0, 0.05) is 25.3 Å². The van der Waals surface area contributed by atoms with Crippen molar-refractivity contribution in [2.24, 2.45) is 0 Å². The number of hydrogen-bond acceptors (Lipinski definition) is 3. The molecule has 0 saturated carbocycles. The molecular formula is C12H17ClN2O3. The maximum atomic E-state index is 12.3. The van der Waals surface area contributed by atoms with E-state index in [-0.39, 0.29) is 25.0 Å². The lowest BCUT2D eigenvalue weighted by atomic mass is 10.3. The highest BCUT2D eigenvalue weighted by Gasteiger charge is 2.34. The number of carbonyl (C=O) groups excluding carboxylic acids is 1. The normalized spacial score (nSPS) is 24.0. The van der Waals surface area contributed by atoms with Gasteiger partial charge < -0.3 is 19.7 Å². The highest BCUT2D eigenvalue weighted by Crippen LogP contribution is 2.22. The molecule has 0 aromatic carbocycles. The van der Waals surface area contributed by atoms with E-state index in [1.807, 2.05) is 13.8 Å². The van der Waals surface area contributed by atoms with Gasteiger partial charge in [-0.1, -0.05) is 11.6 Å². The van der Waals surface area contributed by atoms with Gasteiger partial charge in [-0.15, -0.1) is 0 Å². The van der Waals surface area contributed by atoms with Crippen LogP contribution in [-0.2, 0) is 0 Å². The summed E-state index contributed by atoms with van der Waals surface area (Å²) in [5.74, 6) is -0.216. The topological polar surface area (TPSA) is 65.7 Å². The molecule has 1 aromatic heterocycles. The molecule has 1 aliphatic rings. The SMILES string of the molecule is CC(C)n1cc(Cl)cc1C(=O)N1C[C@@H](O)[C@@H](O)C1. The molecule has 6 heteroatoms. The van der Waals surface area contributed by atoms with E-state index >= 15 is 0 Å². The fraction of sp³-hybridized carbons (Fsp3) is 0.583. The number of likely N-dealkylation sites (tertiary alicyclic amines) is 1. The summed E-state index contributed by atoms with van der Waals surface area (Å²) in [7, 11) is 0. The van der Waals surface area contributed by atoms with Crippen LogP contribution in [0.15, 0.2) is 12.3 Å². The number of rotatable bonds is 2. The average molecular weight is 273 g/mol. The van der Waals surface area contributed by atoms with Crippen LogP contribution in [0.25, 0.3) is 0 Å². The Morgan fingerprint density at radius 1 is 1.39 bits per heavy atom. The molecule has 2 N–H and O–H groups in total. The molecular weight excluding hydrogens is 256 g/mol. The first-order valence-electron chi connectivity index (χ1n) is 5.93. The first-order valence-corrected chi connectivity index (χ1v) is 6.30. The van der Waals surface area contributed by atoms with E-state index in [0.29, 0.717) is 10.7 Å². The summed E-state index contributed by atoms with van der Waals surface area (Å²) < 4.78 is 1.79. The first kappa shape index (κ1) is 13.4. The molecule has 0 spiro atoms. The predicted octanol–water partition coefficient (Wildman–Crippen LogP) is 0.900. The molecule has 1 amide bonds. The van der Waals surface area contributed by atoms with E-state index < -0.39 is 12.2 Å². The maximum absolute atomic E-state index is 12.3. The monoisotopic (exact) mass is 272 g/mol. The van der Waals surface area contributed by atoms with Crippen molar-refractivity contribution in [1.82, 2.24) is 9.47 Å². The number of hydrogen-bond donors (Lipinski definition) is 2. The smallest absolute Gasteiger partial charge is 0.270 e. The number of halogens is 1. The van der Waals surface area contributed by atoms with Gasteiger partial charge in [0.1, 0.15) is 5.69 Å². The highest BCUT2D eigenvalue weighted by atomic mass is 35.5. The van der Waals surface area contributed by atoms with Crippen LogP contribution < -0.4 is 0 Å². The maximum Gasteiger partial charge on any atom is 0.270 e. The lowest BCUT2D eigenvalue weighted by Gasteiger charge is -2.18. The Bertz CT molecular complexity index is 448. The van der Waals surface area contributed by atoms with Gasteiger partial charge in [-0.2, -0.15) is 0 Å². The van der Waals surface area contributed by atoms with Crippen LogP contribution >= 0.6 is 11.6 Å². The molecule has 100 valence electrons. The van der Waals surface area contributed by atoms with Crippen molar-refractivity contribution in [2.45, 2.75) is 32.1 Å². The summed E-state index contributed by atoms with van der Waals surface area (Å²) in [6, 6.07) is 1.73. The Labute approximate surface area is 111 Å². The van der Waals surface area contributed by atoms with Crippen LogP contribution in [0.4, 0.5) is 0 Å². The fourth-order valence-corrected chi connectivity index (χ4v) is 2.35. The Hall–Kier alpha value is -1.04. The zero-order valence-electron chi connectivity index (χ0n) is 10.4. The second-order valence-corrected chi connectivity index (χ2v) is 5.33. The van der Waals surface area contributed by atoms with Crippen molar-refractivity contribution in [3.05, 3.63) is 23.0 Å². The van der Waals surface area contributed by atoms with E-state index in [4.69, 9.17) is 11.6 Å². The van der Waals surface area contributed by atoms with E-state index in [1.54, 1.807) is 16.8 Å². The van der Waals surface area contributed by atoms with Crippen molar-refractivity contribution in [3.63, 3.8) is 0 Å². The number of nitrogens with zero attached hydrogens (tertiary/aromatic N) is 2. The van der Waals surface area contributed by atoms with Crippen molar-refractivity contribution < 1.29 is 15.0 Å². The largest absolute Gasteiger partial charge is 0.388 e. The van der Waals surface area contributed by atoms with E-state index in [2.05, 4.69) is 0 Å². The molecule has 1 saturated heterocycles. The van der Waals surface area contributed by atoms with Gasteiger partial charge in [0.2, 0.25) is 0 Å². The summed E-state index contributed by atoms with van der Waals surface area (Å²) in [5.41, 5.74) is 0.483. The van der Waals surface area contributed by atoms with Crippen molar-refractivity contribution in [3.8, 4) is 0 Å². The molecule has 2 heterocycles. The van der Waals surface area contributed by atoms with Crippen LogP contribution in [0.1, 0.15) is 30.4 Å². The van der Waals surface area contributed by atoms with Crippen LogP contribution in [-0.4, -0.2) is 50.9 Å². The van der Waals surface area contributed by atoms with Crippen LogP contribution in [0.5, 0.6) is 0 Å². The van der Waals surface area contributed by atoms with Gasteiger partial charge >= 0.3 is 0 Å². The molecule has 2 rings (SSSR count). The Balaban J connectivity index is 2.24. The van der Waals surface area contributed by atoms with Crippen molar-refractivity contribution >= 4 is 17.5 Å². The lowest BCUT2D eigenvalue weighted by Crippen LogP contribution is -2.31. The third-order valence-corrected chi connectivity index (χ3v) is 3.34. The molecule has 5 nitrogen and oxygen atoms in total. The van der Waals surface area contributed by atoms with Gasteiger partial charge in [-0.05, 0) is 19.9 Å². The minimum atomic E-state index is -0.869. The quantitative estimate of drug-likeness (QED) is 0.841. The highest BCUT2D eigenvalue weighted by molar-refractivity contribution is 6.31. The number of β-amino-alcohol motifs (C(OH)–C–C–N with tert-alkyl or cyclic N) is 2. The van der Waals surface area contributed by atoms with Crippen molar-refractivity contribution in [2.75, 3.05) is 13.1 Å². The molecule has 1 aliphatic heterocycles. The van der Waals surface area contributed by atoms with Gasteiger partial charge in [-0.25, -0.2) is 0 Å². The van der Waals surface area contributed by atoms with E-state index in [1.165, 1.54) is 4.90 Å². The molecule has 1 aromatic rings. The molecule has 0 unspecified atom stereocenters. The third-order valence-electron chi connectivity index (χ3n) is 3.14. The standard InChI is InChI=1S/C12H17ClN2O3/c1-7(2)15-4-8(13)3-9(15)12(18)14-5-10(16)11(17)6-14/h3-4,7,10-11,16-17H,5-6H2,1-2H3/t10-,11+. The minimum Gasteiger partial charge on any atom is -0.388 e. The van der Waals surface area contributed by atoms with Gasteiger partial charge in [-0.3, -0.25) is 4.79 Å². The summed E-state index contributed by atoms with van der Waals surface area (Å²) in [6.07, 6.45) is -0.0266. The number of carbonyl (C=O) groups is 1. The first-order chi connectivity index (χ1) is 8.40. The van der Waals surface area contributed by atoms with Crippen LogP contribution in [0.3, 0.4) is 0 Å². The van der Waals surface area contributed by atoms with Gasteiger partial charge in [0.25, 0.3) is 5.91 Å². The summed E-state index contributed by atoms with van der Waals surface area (Å²) in [5, 5.41) is 19.4. The zero-order chi connectivity index (χ0) is 13.4. The molecule has 0 bridgehead atoms. The molecule has 2 atom stereocenters.